The molecule has 1 unspecified atom stereocenters. The SMILES string of the molecule is Cl.O.O=C(NC1(c2ccccc2)CCN(C(CN2CCOCC2)(C(=O)c2ccccc2)c2ccc(Cl)c(Cl)c2)CC1)N1CCOCC1. The molecule has 0 aliphatic carbocycles. The lowest BCUT2D eigenvalue weighted by atomic mass is 9.75. The van der Waals surface area contributed by atoms with E-state index in [1.165, 1.54) is 0 Å². The minimum Gasteiger partial charge on any atom is -0.412 e. The van der Waals surface area contributed by atoms with Gasteiger partial charge >= 0.3 is 6.03 Å². The molecule has 0 radical (unpaired) electrons. The van der Waals surface area contributed by atoms with Crippen LogP contribution in [0.5, 0.6) is 0 Å². The van der Waals surface area contributed by atoms with Gasteiger partial charge in [0.05, 0.1) is 42.0 Å². The van der Waals surface area contributed by atoms with E-state index in [0.717, 1.165) is 24.2 Å². The summed E-state index contributed by atoms with van der Waals surface area (Å²) in [5, 5.41) is 4.30. The molecule has 3 fully saturated rings. The van der Waals surface area contributed by atoms with Crippen LogP contribution in [0, 0.1) is 0 Å². The van der Waals surface area contributed by atoms with Crippen molar-refractivity contribution in [2.45, 2.75) is 23.9 Å². The number of hydrogen-bond donors (Lipinski definition) is 1. The number of Topliss-reactive ketones (excluding diaryl/α,β-unsaturated/α-hetero) is 1. The van der Waals surface area contributed by atoms with Crippen molar-refractivity contribution in [3.8, 4) is 0 Å². The number of benzene rings is 3. The van der Waals surface area contributed by atoms with Crippen LogP contribution in [0.3, 0.4) is 0 Å². The van der Waals surface area contributed by atoms with Gasteiger partial charge in [0.25, 0.3) is 0 Å². The minimum atomic E-state index is -1.05. The Labute approximate surface area is 292 Å². The molecule has 47 heavy (non-hydrogen) atoms. The molecule has 3 aromatic carbocycles. The van der Waals surface area contributed by atoms with Gasteiger partial charge in [0, 0.05) is 51.4 Å². The van der Waals surface area contributed by atoms with Gasteiger partial charge in [0.2, 0.25) is 0 Å². The van der Waals surface area contributed by atoms with Gasteiger partial charge in [0.1, 0.15) is 5.54 Å². The Morgan fingerprint density at radius 1 is 0.766 bits per heavy atom. The van der Waals surface area contributed by atoms with Gasteiger partial charge in [-0.3, -0.25) is 14.6 Å². The zero-order valence-corrected chi connectivity index (χ0v) is 28.7. The zero-order chi connectivity index (χ0) is 31.3. The fourth-order valence-electron chi connectivity index (χ4n) is 6.95. The van der Waals surface area contributed by atoms with Crippen LogP contribution in [-0.2, 0) is 20.6 Å². The molecule has 254 valence electrons. The Kier molecular flexibility index (Phi) is 13.1. The maximum absolute atomic E-state index is 15.0. The molecule has 3 N–H and O–H groups in total. The van der Waals surface area contributed by atoms with Gasteiger partial charge in [-0.15, -0.1) is 12.4 Å². The van der Waals surface area contributed by atoms with Gasteiger partial charge in [-0.25, -0.2) is 4.79 Å². The van der Waals surface area contributed by atoms with Crippen LogP contribution in [0.1, 0.15) is 34.3 Å². The molecule has 0 spiro atoms. The molecule has 9 nitrogen and oxygen atoms in total. The number of carbonyl (C=O) groups excluding carboxylic acids is 2. The fraction of sp³-hybridized carbons (Fsp3) is 0.429. The smallest absolute Gasteiger partial charge is 0.318 e. The molecule has 3 aromatic rings. The molecule has 0 bridgehead atoms. The standard InChI is InChI=1S/C35H40Cl2N4O4.ClH.H2O/c36-30-12-11-29(25-31(30)37)35(26-39-17-21-44-22-18-39,32(42)27-7-3-1-4-8-27)41-15-13-34(14-16-41,28-9-5-2-6-10-28)38-33(43)40-19-23-45-24-20-40;;/h1-12,25H,13-24,26H2,(H,38,43);1H;1H2. The molecule has 12 heteroatoms. The second kappa shape index (κ2) is 16.6. The second-order valence-corrected chi connectivity index (χ2v) is 12.9. The van der Waals surface area contributed by atoms with Crippen molar-refractivity contribution in [2.75, 3.05) is 72.2 Å². The molecule has 0 aromatic heterocycles. The van der Waals surface area contributed by atoms with Gasteiger partial charge in [-0.05, 0) is 36.1 Å². The lowest BCUT2D eigenvalue weighted by Gasteiger charge is -2.52. The van der Waals surface area contributed by atoms with Crippen LogP contribution in [0.25, 0.3) is 0 Å². The van der Waals surface area contributed by atoms with Gasteiger partial charge in [0.15, 0.2) is 5.78 Å². The first-order valence-electron chi connectivity index (χ1n) is 15.7. The van der Waals surface area contributed by atoms with Gasteiger partial charge in [-0.2, -0.15) is 0 Å². The van der Waals surface area contributed by atoms with Crippen LogP contribution >= 0.6 is 35.6 Å². The summed E-state index contributed by atoms with van der Waals surface area (Å²) in [5.41, 5.74) is 0.864. The van der Waals surface area contributed by atoms with Crippen molar-refractivity contribution in [1.29, 1.82) is 0 Å². The number of carbonyl (C=O) groups is 2. The number of urea groups is 1. The Bertz CT molecular complexity index is 1460. The van der Waals surface area contributed by atoms with Crippen molar-refractivity contribution < 1.29 is 24.5 Å². The second-order valence-electron chi connectivity index (χ2n) is 12.0. The molecule has 3 heterocycles. The quantitative estimate of drug-likeness (QED) is 0.330. The van der Waals surface area contributed by atoms with Crippen LogP contribution in [0.4, 0.5) is 4.79 Å². The highest BCUT2D eigenvalue weighted by atomic mass is 35.5. The molecule has 0 saturated carbocycles. The first-order valence-corrected chi connectivity index (χ1v) is 16.5. The van der Waals surface area contributed by atoms with Crippen LogP contribution in [-0.4, -0.2) is 104 Å². The monoisotopic (exact) mass is 704 g/mol. The van der Waals surface area contributed by atoms with E-state index in [4.69, 9.17) is 32.7 Å². The Balaban J connectivity index is 0.00000250. The van der Waals surface area contributed by atoms with Crippen LogP contribution in [0.15, 0.2) is 78.9 Å². The van der Waals surface area contributed by atoms with Crippen LogP contribution in [0.2, 0.25) is 10.0 Å². The van der Waals surface area contributed by atoms with Crippen LogP contribution < -0.4 is 5.32 Å². The maximum atomic E-state index is 15.0. The number of piperidine rings is 1. The number of amides is 2. The topological polar surface area (TPSA) is 106 Å². The first kappa shape index (κ1) is 37.1. The fourth-order valence-corrected chi connectivity index (χ4v) is 7.25. The van der Waals surface area contributed by atoms with E-state index < -0.39 is 11.1 Å². The molecule has 1 atom stereocenters. The number of rotatable bonds is 8. The highest BCUT2D eigenvalue weighted by Gasteiger charge is 2.51. The summed E-state index contributed by atoms with van der Waals surface area (Å²) in [6.07, 6.45) is 1.25. The third-order valence-electron chi connectivity index (χ3n) is 9.49. The summed E-state index contributed by atoms with van der Waals surface area (Å²) in [6, 6.07) is 25.2. The molecular formula is C35H43Cl3N4O5. The minimum absolute atomic E-state index is 0. The average molecular weight is 706 g/mol. The molecular weight excluding hydrogens is 663 g/mol. The third-order valence-corrected chi connectivity index (χ3v) is 10.2. The summed E-state index contributed by atoms with van der Waals surface area (Å²) in [6.45, 7) is 6.49. The van der Waals surface area contributed by atoms with Crippen molar-refractivity contribution >= 4 is 47.4 Å². The van der Waals surface area contributed by atoms with E-state index in [-0.39, 0.29) is 29.7 Å². The lowest BCUT2D eigenvalue weighted by Crippen LogP contribution is -2.64. The number of halogens is 3. The van der Waals surface area contributed by atoms with Crippen molar-refractivity contribution in [3.05, 3.63) is 106 Å². The summed E-state index contributed by atoms with van der Waals surface area (Å²) in [4.78, 5) is 35.1. The molecule has 3 aliphatic rings. The van der Waals surface area contributed by atoms with E-state index in [0.29, 0.717) is 87.6 Å². The van der Waals surface area contributed by atoms with Crippen molar-refractivity contribution in [1.82, 2.24) is 20.0 Å². The van der Waals surface area contributed by atoms with Gasteiger partial charge in [-0.1, -0.05) is 89.9 Å². The number of hydrogen-bond acceptors (Lipinski definition) is 6. The van der Waals surface area contributed by atoms with Crippen molar-refractivity contribution in [2.24, 2.45) is 0 Å². The van der Waals surface area contributed by atoms with Crippen molar-refractivity contribution in [3.63, 3.8) is 0 Å². The average Bonchev–Trinajstić information content (AvgIpc) is 3.10. The maximum Gasteiger partial charge on any atom is 0.318 e. The van der Waals surface area contributed by atoms with E-state index in [9.17, 15) is 9.59 Å². The summed E-state index contributed by atoms with van der Waals surface area (Å²) in [7, 11) is 0. The predicted molar refractivity (Wildman–Crippen MR) is 187 cm³/mol. The Morgan fingerprint density at radius 3 is 1.94 bits per heavy atom. The Morgan fingerprint density at radius 2 is 1.34 bits per heavy atom. The normalized spacial score (nSPS) is 19.8. The lowest BCUT2D eigenvalue weighted by molar-refractivity contribution is -0.0174. The predicted octanol–water partition coefficient (Wildman–Crippen LogP) is 5.03. The van der Waals surface area contributed by atoms with E-state index in [2.05, 4.69) is 27.2 Å². The summed E-state index contributed by atoms with van der Waals surface area (Å²) < 4.78 is 11.2. The zero-order valence-electron chi connectivity index (χ0n) is 26.3. The summed E-state index contributed by atoms with van der Waals surface area (Å²) >= 11 is 13.1. The van der Waals surface area contributed by atoms with E-state index >= 15 is 0 Å². The Hall–Kier alpha value is -2.73. The highest BCUT2D eigenvalue weighted by molar-refractivity contribution is 6.42. The first-order chi connectivity index (χ1) is 21.9. The molecule has 2 amide bonds. The molecule has 6 rings (SSSR count). The molecule has 3 saturated heterocycles. The van der Waals surface area contributed by atoms with E-state index in [1.54, 1.807) is 6.07 Å². The number of ether oxygens (including phenoxy) is 2. The highest BCUT2D eigenvalue weighted by Crippen LogP contribution is 2.42. The number of ketones is 1. The molecule has 3 aliphatic heterocycles. The third kappa shape index (κ3) is 7.95. The largest absolute Gasteiger partial charge is 0.412 e. The summed E-state index contributed by atoms with van der Waals surface area (Å²) in [5.74, 6) is 0.0116. The number of morpholine rings is 2. The number of likely N-dealkylation sites (tertiary alicyclic amines) is 1. The van der Waals surface area contributed by atoms with E-state index in [1.807, 2.05) is 65.6 Å². The number of nitrogens with zero attached hydrogens (tertiary/aromatic N) is 3. The number of nitrogens with one attached hydrogen (secondary N) is 1. The van der Waals surface area contributed by atoms with Gasteiger partial charge < -0.3 is 25.2 Å².